The SMILES string of the molecule is CCCCCCCCCCCCCCCCCCCCCCC(C)N(C)C.Cl. The molecule has 172 valence electrons. The Morgan fingerprint density at radius 2 is 0.714 bits per heavy atom. The van der Waals surface area contributed by atoms with Gasteiger partial charge in [0.15, 0.2) is 0 Å². The van der Waals surface area contributed by atoms with Crippen LogP contribution in [0.2, 0.25) is 0 Å². The van der Waals surface area contributed by atoms with Crippen LogP contribution in [0.4, 0.5) is 0 Å². The van der Waals surface area contributed by atoms with Gasteiger partial charge in [0.2, 0.25) is 0 Å². The summed E-state index contributed by atoms with van der Waals surface area (Å²) in [4.78, 5) is 2.34. The summed E-state index contributed by atoms with van der Waals surface area (Å²) in [5.74, 6) is 0. The van der Waals surface area contributed by atoms with Gasteiger partial charge >= 0.3 is 0 Å². The van der Waals surface area contributed by atoms with Crippen molar-refractivity contribution in [3.63, 3.8) is 0 Å². The molecule has 0 saturated carbocycles. The molecular weight excluding hydrogens is 362 g/mol. The maximum absolute atomic E-state index is 2.34. The average Bonchev–Trinajstić information content (AvgIpc) is 2.66. The highest BCUT2D eigenvalue weighted by Gasteiger charge is 2.03. The minimum atomic E-state index is 0. The van der Waals surface area contributed by atoms with Gasteiger partial charge < -0.3 is 4.90 Å². The second-order valence-corrected chi connectivity index (χ2v) is 9.32. The lowest BCUT2D eigenvalue weighted by atomic mass is 10.0. The number of halogens is 1. The van der Waals surface area contributed by atoms with Gasteiger partial charge in [-0.3, -0.25) is 0 Å². The van der Waals surface area contributed by atoms with Crippen molar-refractivity contribution in [1.82, 2.24) is 4.90 Å². The first-order valence-corrected chi connectivity index (χ1v) is 12.8. The summed E-state index contributed by atoms with van der Waals surface area (Å²) < 4.78 is 0. The molecule has 1 unspecified atom stereocenters. The Morgan fingerprint density at radius 3 is 0.964 bits per heavy atom. The smallest absolute Gasteiger partial charge is 0.00608 e. The van der Waals surface area contributed by atoms with Crippen molar-refractivity contribution in [2.45, 2.75) is 155 Å². The second kappa shape index (κ2) is 25.3. The van der Waals surface area contributed by atoms with Crippen molar-refractivity contribution in [3.8, 4) is 0 Å². The molecule has 0 aromatic rings. The highest BCUT2D eigenvalue weighted by molar-refractivity contribution is 5.85. The van der Waals surface area contributed by atoms with E-state index in [1.54, 1.807) is 0 Å². The predicted molar refractivity (Wildman–Crippen MR) is 133 cm³/mol. The van der Waals surface area contributed by atoms with E-state index >= 15 is 0 Å². The van der Waals surface area contributed by atoms with Crippen LogP contribution < -0.4 is 0 Å². The molecule has 1 atom stereocenters. The predicted octanol–water partition coefficient (Wildman–Crippen LogP) is 9.57. The van der Waals surface area contributed by atoms with Gasteiger partial charge in [-0.2, -0.15) is 0 Å². The highest BCUT2D eigenvalue weighted by atomic mass is 35.5. The second-order valence-electron chi connectivity index (χ2n) is 9.32. The number of hydrogen-bond acceptors (Lipinski definition) is 1. The van der Waals surface area contributed by atoms with Gasteiger partial charge in [0, 0.05) is 6.04 Å². The molecule has 1 nitrogen and oxygen atoms in total. The van der Waals surface area contributed by atoms with Crippen LogP contribution in [0, 0.1) is 0 Å². The molecule has 0 N–H and O–H groups in total. The lowest BCUT2D eigenvalue weighted by molar-refractivity contribution is 0.291. The first kappa shape index (κ1) is 30.4. The zero-order valence-corrected chi connectivity index (χ0v) is 21.1. The minimum absolute atomic E-state index is 0. The maximum atomic E-state index is 2.34. The summed E-state index contributed by atoms with van der Waals surface area (Å²) in [5, 5.41) is 0. The molecule has 0 rings (SSSR count). The van der Waals surface area contributed by atoms with Crippen LogP contribution in [0.1, 0.15) is 149 Å². The lowest BCUT2D eigenvalue weighted by Gasteiger charge is -2.19. The molecule has 0 saturated heterocycles. The quantitative estimate of drug-likeness (QED) is 0.158. The molecule has 0 radical (unpaired) electrons. The Hall–Kier alpha value is 0.250. The molecule has 0 aromatic heterocycles. The van der Waals surface area contributed by atoms with E-state index in [1.165, 1.54) is 135 Å². The Kier molecular flexibility index (Phi) is 27.5. The van der Waals surface area contributed by atoms with Gasteiger partial charge in [-0.05, 0) is 27.4 Å². The average molecular weight is 418 g/mol. The third-order valence-electron chi connectivity index (χ3n) is 6.36. The van der Waals surface area contributed by atoms with E-state index in [-0.39, 0.29) is 12.4 Å². The fraction of sp³-hybridized carbons (Fsp3) is 1.00. The first-order chi connectivity index (χ1) is 13.2. The van der Waals surface area contributed by atoms with Crippen molar-refractivity contribution >= 4 is 12.4 Å². The fourth-order valence-corrected chi connectivity index (χ4v) is 3.95. The van der Waals surface area contributed by atoms with Gasteiger partial charge in [-0.25, -0.2) is 0 Å². The number of unbranched alkanes of at least 4 members (excludes halogenated alkanes) is 19. The molecule has 0 aliphatic rings. The summed E-state index contributed by atoms with van der Waals surface area (Å²) in [6, 6.07) is 0.751. The van der Waals surface area contributed by atoms with Crippen molar-refractivity contribution in [2.75, 3.05) is 14.1 Å². The van der Waals surface area contributed by atoms with Gasteiger partial charge in [-0.15, -0.1) is 12.4 Å². The van der Waals surface area contributed by atoms with E-state index in [1.807, 2.05) is 0 Å². The summed E-state index contributed by atoms with van der Waals surface area (Å²) in [6.45, 7) is 4.64. The normalized spacial score (nSPS) is 12.3. The van der Waals surface area contributed by atoms with Crippen molar-refractivity contribution in [3.05, 3.63) is 0 Å². The largest absolute Gasteiger partial charge is 0.307 e. The van der Waals surface area contributed by atoms with Gasteiger partial charge in [0.1, 0.15) is 0 Å². The molecular formula is C26H56ClN. The van der Waals surface area contributed by atoms with Gasteiger partial charge in [0.05, 0.1) is 0 Å². The molecule has 0 aliphatic carbocycles. The molecule has 0 heterocycles. The van der Waals surface area contributed by atoms with E-state index in [0.29, 0.717) is 0 Å². The van der Waals surface area contributed by atoms with E-state index in [0.717, 1.165) is 6.04 Å². The van der Waals surface area contributed by atoms with Crippen LogP contribution in [0.5, 0.6) is 0 Å². The summed E-state index contributed by atoms with van der Waals surface area (Å²) in [6.07, 6.45) is 30.7. The molecule has 0 aliphatic heterocycles. The molecule has 0 amide bonds. The molecule has 0 spiro atoms. The van der Waals surface area contributed by atoms with Crippen LogP contribution in [-0.2, 0) is 0 Å². The van der Waals surface area contributed by atoms with Crippen LogP contribution in [0.15, 0.2) is 0 Å². The van der Waals surface area contributed by atoms with E-state index in [9.17, 15) is 0 Å². The Morgan fingerprint density at radius 1 is 0.464 bits per heavy atom. The van der Waals surface area contributed by atoms with E-state index in [4.69, 9.17) is 0 Å². The molecule has 0 fully saturated rings. The Balaban J connectivity index is 0. The summed E-state index contributed by atoms with van der Waals surface area (Å²) >= 11 is 0. The van der Waals surface area contributed by atoms with Crippen molar-refractivity contribution in [2.24, 2.45) is 0 Å². The molecule has 2 heteroatoms. The zero-order chi connectivity index (χ0) is 20.0. The van der Waals surface area contributed by atoms with Gasteiger partial charge in [0.25, 0.3) is 0 Å². The minimum Gasteiger partial charge on any atom is -0.307 e. The van der Waals surface area contributed by atoms with Crippen molar-refractivity contribution < 1.29 is 0 Å². The Labute approximate surface area is 186 Å². The lowest BCUT2D eigenvalue weighted by Crippen LogP contribution is -2.24. The summed E-state index contributed by atoms with van der Waals surface area (Å²) in [5.41, 5.74) is 0. The standard InChI is InChI=1S/C26H55N.ClH/c1-5-6-7-8-9-10-11-12-13-14-15-16-17-18-19-20-21-22-23-24-25-26(2)27(3)4;/h26H,5-25H2,1-4H3;1H. The fourth-order valence-electron chi connectivity index (χ4n) is 3.95. The first-order valence-electron chi connectivity index (χ1n) is 12.8. The topological polar surface area (TPSA) is 3.24 Å². The number of nitrogens with zero attached hydrogens (tertiary/aromatic N) is 1. The molecule has 28 heavy (non-hydrogen) atoms. The highest BCUT2D eigenvalue weighted by Crippen LogP contribution is 2.15. The van der Waals surface area contributed by atoms with Crippen molar-refractivity contribution in [1.29, 1.82) is 0 Å². The third kappa shape index (κ3) is 24.3. The number of hydrogen-bond donors (Lipinski definition) is 0. The monoisotopic (exact) mass is 417 g/mol. The molecule has 0 bridgehead atoms. The van der Waals surface area contributed by atoms with Crippen LogP contribution in [-0.4, -0.2) is 25.0 Å². The summed E-state index contributed by atoms with van der Waals surface area (Å²) in [7, 11) is 4.39. The third-order valence-corrected chi connectivity index (χ3v) is 6.36. The maximum Gasteiger partial charge on any atom is 0.00608 e. The Bertz CT molecular complexity index is 267. The van der Waals surface area contributed by atoms with E-state index in [2.05, 4.69) is 32.8 Å². The van der Waals surface area contributed by atoms with Crippen LogP contribution in [0.25, 0.3) is 0 Å². The number of rotatable bonds is 22. The van der Waals surface area contributed by atoms with Crippen LogP contribution in [0.3, 0.4) is 0 Å². The van der Waals surface area contributed by atoms with Crippen LogP contribution >= 0.6 is 12.4 Å². The van der Waals surface area contributed by atoms with E-state index < -0.39 is 0 Å². The van der Waals surface area contributed by atoms with Gasteiger partial charge in [-0.1, -0.05) is 135 Å². The zero-order valence-electron chi connectivity index (χ0n) is 20.3. The molecule has 0 aromatic carbocycles.